The van der Waals surface area contributed by atoms with Crippen molar-refractivity contribution in [1.82, 2.24) is 4.90 Å². The van der Waals surface area contributed by atoms with Crippen LogP contribution < -0.4 is 0 Å². The van der Waals surface area contributed by atoms with Gasteiger partial charge in [-0.25, -0.2) is 0 Å². The Hall–Kier alpha value is -1.36. The van der Waals surface area contributed by atoms with Crippen LogP contribution in [0.4, 0.5) is 0 Å². The number of amides is 1. The van der Waals surface area contributed by atoms with Crippen molar-refractivity contribution in [3.63, 3.8) is 0 Å². The van der Waals surface area contributed by atoms with Crippen LogP contribution in [0.5, 0.6) is 0 Å². The van der Waals surface area contributed by atoms with Gasteiger partial charge in [0.25, 0.3) is 0 Å². The molecule has 1 fully saturated rings. The summed E-state index contributed by atoms with van der Waals surface area (Å²) >= 11 is 1.62. The van der Waals surface area contributed by atoms with Crippen molar-refractivity contribution in [2.75, 3.05) is 7.05 Å². The highest BCUT2D eigenvalue weighted by Gasteiger charge is 2.49. The molecule has 0 radical (unpaired) electrons. The largest absolute Gasteiger partial charge is 0.481 e. The van der Waals surface area contributed by atoms with Crippen molar-refractivity contribution in [1.29, 1.82) is 0 Å². The Balaban J connectivity index is 1.93. The van der Waals surface area contributed by atoms with Gasteiger partial charge in [0.1, 0.15) is 0 Å². The number of hydrogen-bond donors (Lipinski definition) is 1. The standard InChI is InChI=1S/C12H15NO3S/c1-7-3-4-17-10(7)6-13(2)11(14)8-5-9(8)12(15)16/h3-4,8-9H,5-6H2,1-2H3,(H,15,16)/t8-,9+/m1/s1. The molecule has 1 aromatic heterocycles. The number of hydrogen-bond acceptors (Lipinski definition) is 3. The number of aliphatic carboxylic acids is 1. The molecule has 5 heteroatoms. The van der Waals surface area contributed by atoms with Crippen molar-refractivity contribution in [3.05, 3.63) is 21.9 Å². The van der Waals surface area contributed by atoms with Crippen LogP contribution in [0.1, 0.15) is 16.9 Å². The molecule has 1 saturated carbocycles. The topological polar surface area (TPSA) is 57.6 Å². The van der Waals surface area contributed by atoms with Crippen molar-refractivity contribution in [2.24, 2.45) is 11.8 Å². The highest BCUT2D eigenvalue weighted by atomic mass is 32.1. The number of carboxylic acid groups (broad SMARTS) is 1. The summed E-state index contributed by atoms with van der Waals surface area (Å²) in [6.45, 7) is 2.59. The Labute approximate surface area is 104 Å². The first-order valence-electron chi connectivity index (χ1n) is 5.51. The predicted octanol–water partition coefficient (Wildman–Crippen LogP) is 1.74. The van der Waals surface area contributed by atoms with Crippen LogP contribution >= 0.6 is 11.3 Å². The van der Waals surface area contributed by atoms with E-state index < -0.39 is 11.9 Å². The second kappa shape index (κ2) is 4.49. The van der Waals surface area contributed by atoms with E-state index in [2.05, 4.69) is 0 Å². The summed E-state index contributed by atoms with van der Waals surface area (Å²) in [6.07, 6.45) is 0.488. The van der Waals surface area contributed by atoms with Gasteiger partial charge >= 0.3 is 5.97 Å². The zero-order valence-electron chi connectivity index (χ0n) is 9.84. The Morgan fingerprint density at radius 1 is 1.53 bits per heavy atom. The molecule has 1 aliphatic carbocycles. The molecule has 0 aliphatic heterocycles. The van der Waals surface area contributed by atoms with Crippen molar-refractivity contribution in [2.45, 2.75) is 19.9 Å². The van der Waals surface area contributed by atoms with Crippen molar-refractivity contribution in [3.8, 4) is 0 Å². The minimum atomic E-state index is -0.857. The van der Waals surface area contributed by atoms with Gasteiger partial charge in [0, 0.05) is 11.9 Å². The van der Waals surface area contributed by atoms with Gasteiger partial charge in [-0.15, -0.1) is 11.3 Å². The first kappa shape index (κ1) is 12.1. The molecule has 0 aromatic carbocycles. The number of thiophene rings is 1. The van der Waals surface area contributed by atoms with E-state index in [0.29, 0.717) is 13.0 Å². The Morgan fingerprint density at radius 2 is 2.24 bits per heavy atom. The van der Waals surface area contributed by atoms with Gasteiger partial charge in [0.2, 0.25) is 5.91 Å². The van der Waals surface area contributed by atoms with Crippen LogP contribution in [0.15, 0.2) is 11.4 Å². The highest BCUT2D eigenvalue weighted by Crippen LogP contribution is 2.40. The lowest BCUT2D eigenvalue weighted by Crippen LogP contribution is -2.28. The molecule has 1 amide bonds. The van der Waals surface area contributed by atoms with E-state index in [9.17, 15) is 9.59 Å². The fraction of sp³-hybridized carbons (Fsp3) is 0.500. The van der Waals surface area contributed by atoms with Gasteiger partial charge < -0.3 is 10.0 Å². The van der Waals surface area contributed by atoms with E-state index in [1.165, 1.54) is 5.56 Å². The van der Waals surface area contributed by atoms with E-state index >= 15 is 0 Å². The van der Waals surface area contributed by atoms with Gasteiger partial charge in [0.05, 0.1) is 18.4 Å². The number of aryl methyl sites for hydroxylation is 1. The number of rotatable bonds is 4. The fourth-order valence-corrected chi connectivity index (χ4v) is 2.84. The van der Waals surface area contributed by atoms with Crippen molar-refractivity contribution >= 4 is 23.2 Å². The monoisotopic (exact) mass is 253 g/mol. The smallest absolute Gasteiger partial charge is 0.307 e. The number of nitrogens with zero attached hydrogens (tertiary/aromatic N) is 1. The van der Waals surface area contributed by atoms with Gasteiger partial charge in [-0.2, -0.15) is 0 Å². The van der Waals surface area contributed by atoms with E-state index in [-0.39, 0.29) is 11.8 Å². The van der Waals surface area contributed by atoms with Crippen LogP contribution in [0.2, 0.25) is 0 Å². The third-order valence-electron chi connectivity index (χ3n) is 3.15. The average Bonchev–Trinajstić information content (AvgIpc) is 2.98. The maximum Gasteiger partial charge on any atom is 0.307 e. The minimum Gasteiger partial charge on any atom is -0.481 e. The maximum atomic E-state index is 11.9. The van der Waals surface area contributed by atoms with Gasteiger partial charge in [-0.05, 0) is 30.4 Å². The van der Waals surface area contributed by atoms with E-state index in [0.717, 1.165) is 4.88 Å². The van der Waals surface area contributed by atoms with Crippen LogP contribution in [0.25, 0.3) is 0 Å². The van der Waals surface area contributed by atoms with Crippen molar-refractivity contribution < 1.29 is 14.7 Å². The zero-order chi connectivity index (χ0) is 12.6. The lowest BCUT2D eigenvalue weighted by Gasteiger charge is -2.16. The van der Waals surface area contributed by atoms with E-state index in [1.54, 1.807) is 23.3 Å². The molecule has 0 spiro atoms. The molecule has 1 aromatic rings. The molecule has 2 rings (SSSR count). The molecule has 17 heavy (non-hydrogen) atoms. The summed E-state index contributed by atoms with van der Waals surface area (Å²) in [6, 6.07) is 2.02. The van der Waals surface area contributed by atoms with Crippen LogP contribution in [-0.2, 0) is 16.1 Å². The summed E-state index contributed by atoms with van der Waals surface area (Å²) in [5.41, 5.74) is 1.18. The molecule has 4 nitrogen and oxygen atoms in total. The molecule has 2 atom stereocenters. The van der Waals surface area contributed by atoms with Crippen LogP contribution in [0, 0.1) is 18.8 Å². The Kier molecular flexibility index (Phi) is 3.19. The summed E-state index contributed by atoms with van der Waals surface area (Å²) in [4.78, 5) is 25.4. The summed E-state index contributed by atoms with van der Waals surface area (Å²) in [7, 11) is 1.73. The summed E-state index contributed by atoms with van der Waals surface area (Å²) in [5, 5.41) is 10.8. The molecule has 92 valence electrons. The van der Waals surface area contributed by atoms with E-state index in [4.69, 9.17) is 5.11 Å². The Bertz CT molecular complexity index is 454. The average molecular weight is 253 g/mol. The quantitative estimate of drug-likeness (QED) is 0.889. The summed E-state index contributed by atoms with van der Waals surface area (Å²) < 4.78 is 0. The first-order valence-corrected chi connectivity index (χ1v) is 6.39. The van der Waals surface area contributed by atoms with Crippen LogP contribution in [0.3, 0.4) is 0 Å². The molecular weight excluding hydrogens is 238 g/mol. The maximum absolute atomic E-state index is 11.9. The molecular formula is C12H15NO3S. The van der Waals surface area contributed by atoms with Gasteiger partial charge in [0.15, 0.2) is 0 Å². The fourth-order valence-electron chi connectivity index (χ4n) is 1.88. The molecule has 1 heterocycles. The molecule has 0 saturated heterocycles. The first-order chi connectivity index (χ1) is 8.00. The second-order valence-corrected chi connectivity index (χ2v) is 5.51. The lowest BCUT2D eigenvalue weighted by molar-refractivity contribution is -0.141. The third kappa shape index (κ3) is 2.49. The minimum absolute atomic E-state index is 0.0507. The zero-order valence-corrected chi connectivity index (χ0v) is 10.7. The van der Waals surface area contributed by atoms with E-state index in [1.807, 2.05) is 18.4 Å². The van der Waals surface area contributed by atoms with Crippen LogP contribution in [-0.4, -0.2) is 28.9 Å². The predicted molar refractivity (Wildman–Crippen MR) is 64.8 cm³/mol. The van der Waals surface area contributed by atoms with Gasteiger partial charge in [-0.3, -0.25) is 9.59 Å². The molecule has 1 aliphatic rings. The SMILES string of the molecule is Cc1ccsc1CN(C)C(=O)[C@@H]1C[C@@H]1C(=O)O. The number of carbonyl (C=O) groups excluding carboxylic acids is 1. The lowest BCUT2D eigenvalue weighted by atomic mass is 10.2. The molecule has 0 unspecified atom stereocenters. The second-order valence-electron chi connectivity index (χ2n) is 4.51. The molecule has 1 N–H and O–H groups in total. The number of carboxylic acids is 1. The van der Waals surface area contributed by atoms with Gasteiger partial charge in [-0.1, -0.05) is 0 Å². The Morgan fingerprint density at radius 3 is 2.71 bits per heavy atom. The number of carbonyl (C=O) groups is 2. The summed E-state index contributed by atoms with van der Waals surface area (Å²) in [5.74, 6) is -1.68. The normalized spacial score (nSPS) is 22.2. The molecule has 0 bridgehead atoms. The highest BCUT2D eigenvalue weighted by molar-refractivity contribution is 7.10. The third-order valence-corrected chi connectivity index (χ3v) is 4.16.